The minimum Gasteiger partial charge on any atom is -0.378 e. The quantitative estimate of drug-likeness (QED) is 0.874. The van der Waals surface area contributed by atoms with Crippen LogP contribution in [0.2, 0.25) is 0 Å². The van der Waals surface area contributed by atoms with Crippen LogP contribution in [0.4, 0.5) is 11.4 Å². The average molecular weight is 349 g/mol. The fourth-order valence-electron chi connectivity index (χ4n) is 4.48. The van der Waals surface area contributed by atoms with E-state index in [1.807, 2.05) is 23.1 Å². The van der Waals surface area contributed by atoms with Gasteiger partial charge in [0.1, 0.15) is 0 Å². The molecule has 0 aromatic heterocycles. The van der Waals surface area contributed by atoms with Gasteiger partial charge in [-0.1, -0.05) is 37.3 Å². The number of hydrogen-bond acceptors (Lipinski definition) is 3. The van der Waals surface area contributed by atoms with Crippen LogP contribution in [0.15, 0.2) is 48.5 Å². The van der Waals surface area contributed by atoms with Gasteiger partial charge in [0.05, 0.1) is 6.04 Å². The zero-order valence-corrected chi connectivity index (χ0v) is 15.5. The first-order valence-corrected chi connectivity index (χ1v) is 9.54. The Kier molecular flexibility index (Phi) is 4.45. The maximum absolute atomic E-state index is 12.5. The van der Waals surface area contributed by atoms with Crippen molar-refractivity contribution in [3.63, 3.8) is 0 Å². The first kappa shape index (κ1) is 17.1. The van der Waals surface area contributed by atoms with E-state index in [9.17, 15) is 4.79 Å². The highest BCUT2D eigenvalue weighted by atomic mass is 16.2. The SMILES string of the molecule is CC(=O)N1c2ccccc2C(Nc2cccc(CN)c2)[C@@H](C)[C@@H]1C1CC1. The normalized spacial score (nSPS) is 24.9. The van der Waals surface area contributed by atoms with Crippen LogP contribution in [-0.2, 0) is 11.3 Å². The Morgan fingerprint density at radius 1 is 1.19 bits per heavy atom. The van der Waals surface area contributed by atoms with E-state index in [4.69, 9.17) is 5.73 Å². The second-order valence-corrected chi connectivity index (χ2v) is 7.66. The molecule has 1 heterocycles. The average Bonchev–Trinajstić information content (AvgIpc) is 3.48. The van der Waals surface area contributed by atoms with Crippen molar-refractivity contribution in [1.82, 2.24) is 0 Å². The predicted molar refractivity (Wildman–Crippen MR) is 106 cm³/mol. The van der Waals surface area contributed by atoms with Gasteiger partial charge in [-0.2, -0.15) is 0 Å². The first-order chi connectivity index (χ1) is 12.6. The molecule has 136 valence electrons. The summed E-state index contributed by atoms with van der Waals surface area (Å²) in [5.74, 6) is 1.09. The number of nitrogens with one attached hydrogen (secondary N) is 1. The van der Waals surface area contributed by atoms with Gasteiger partial charge in [0, 0.05) is 36.8 Å². The van der Waals surface area contributed by atoms with Gasteiger partial charge in [-0.15, -0.1) is 0 Å². The Bertz CT molecular complexity index is 815. The smallest absolute Gasteiger partial charge is 0.224 e. The van der Waals surface area contributed by atoms with Crippen molar-refractivity contribution in [2.45, 2.75) is 45.3 Å². The molecule has 1 aliphatic heterocycles. The molecule has 1 amide bonds. The van der Waals surface area contributed by atoms with Crippen molar-refractivity contribution in [2.75, 3.05) is 10.2 Å². The van der Waals surface area contributed by atoms with Crippen molar-refractivity contribution >= 4 is 17.3 Å². The van der Waals surface area contributed by atoms with Gasteiger partial charge in [0.25, 0.3) is 0 Å². The largest absolute Gasteiger partial charge is 0.378 e. The van der Waals surface area contributed by atoms with E-state index < -0.39 is 0 Å². The summed E-state index contributed by atoms with van der Waals surface area (Å²) in [7, 11) is 0. The summed E-state index contributed by atoms with van der Waals surface area (Å²) in [5, 5.41) is 3.74. The lowest BCUT2D eigenvalue weighted by Crippen LogP contribution is -2.51. The van der Waals surface area contributed by atoms with Crippen LogP contribution in [-0.4, -0.2) is 11.9 Å². The van der Waals surface area contributed by atoms with Crippen LogP contribution in [0.3, 0.4) is 0 Å². The molecule has 1 saturated carbocycles. The molecule has 26 heavy (non-hydrogen) atoms. The highest BCUT2D eigenvalue weighted by Gasteiger charge is 2.47. The van der Waals surface area contributed by atoms with Crippen molar-refractivity contribution in [2.24, 2.45) is 17.6 Å². The number of benzene rings is 2. The number of para-hydroxylation sites is 1. The molecule has 1 aliphatic carbocycles. The summed E-state index contributed by atoms with van der Waals surface area (Å²) in [4.78, 5) is 14.5. The lowest BCUT2D eigenvalue weighted by Gasteiger charge is -2.46. The number of fused-ring (bicyclic) bond motifs is 1. The molecule has 0 spiro atoms. The maximum Gasteiger partial charge on any atom is 0.224 e. The van der Waals surface area contributed by atoms with E-state index >= 15 is 0 Å². The summed E-state index contributed by atoms with van der Waals surface area (Å²) in [6, 6.07) is 17.1. The molecule has 1 unspecified atom stereocenters. The fourth-order valence-corrected chi connectivity index (χ4v) is 4.48. The molecular weight excluding hydrogens is 322 g/mol. The summed E-state index contributed by atoms with van der Waals surface area (Å²) < 4.78 is 0. The third kappa shape index (κ3) is 2.99. The van der Waals surface area contributed by atoms with Crippen LogP contribution in [0.1, 0.15) is 43.9 Å². The molecule has 0 saturated heterocycles. The lowest BCUT2D eigenvalue weighted by atomic mass is 9.80. The molecule has 1 fully saturated rings. The molecule has 2 aromatic carbocycles. The standard InChI is InChI=1S/C22H27N3O/c1-14-21(24-18-7-5-6-16(12-18)13-23)19-8-3-4-9-20(19)25(15(2)26)22(14)17-10-11-17/h3-9,12,14,17,21-22,24H,10-11,13,23H2,1-2H3/t14-,21?,22-/m1/s1. The van der Waals surface area contributed by atoms with Crippen molar-refractivity contribution < 1.29 is 4.79 Å². The Morgan fingerprint density at radius 3 is 2.65 bits per heavy atom. The molecule has 4 heteroatoms. The van der Waals surface area contributed by atoms with Gasteiger partial charge in [-0.05, 0) is 48.1 Å². The Labute approximate surface area is 155 Å². The third-order valence-electron chi connectivity index (χ3n) is 5.82. The van der Waals surface area contributed by atoms with Crippen molar-refractivity contribution in [1.29, 1.82) is 0 Å². The molecular formula is C22H27N3O. The highest BCUT2D eigenvalue weighted by molar-refractivity contribution is 5.94. The van der Waals surface area contributed by atoms with Crippen molar-refractivity contribution in [3.8, 4) is 0 Å². The van der Waals surface area contributed by atoms with Gasteiger partial charge >= 0.3 is 0 Å². The molecule has 0 bridgehead atoms. The van der Waals surface area contributed by atoms with E-state index in [0.29, 0.717) is 18.4 Å². The number of amides is 1. The highest BCUT2D eigenvalue weighted by Crippen LogP contribution is 2.49. The molecule has 2 aliphatic rings. The number of anilines is 2. The minimum absolute atomic E-state index is 0.143. The molecule has 4 rings (SSSR count). The summed E-state index contributed by atoms with van der Waals surface area (Å²) >= 11 is 0. The van der Waals surface area contributed by atoms with Crippen molar-refractivity contribution in [3.05, 3.63) is 59.7 Å². The van der Waals surface area contributed by atoms with E-state index in [-0.39, 0.29) is 18.0 Å². The zero-order chi connectivity index (χ0) is 18.3. The molecule has 2 aromatic rings. The minimum atomic E-state index is 0.143. The van der Waals surface area contributed by atoms with Gasteiger partial charge in [-0.25, -0.2) is 0 Å². The van der Waals surface area contributed by atoms with E-state index in [2.05, 4.69) is 42.6 Å². The monoisotopic (exact) mass is 349 g/mol. The lowest BCUT2D eigenvalue weighted by molar-refractivity contribution is -0.117. The number of carbonyl (C=O) groups is 1. The predicted octanol–water partition coefficient (Wildman–Crippen LogP) is 4.08. The van der Waals surface area contributed by atoms with E-state index in [1.54, 1.807) is 6.92 Å². The fraction of sp³-hybridized carbons (Fsp3) is 0.409. The van der Waals surface area contributed by atoms with Crippen LogP contribution in [0, 0.1) is 11.8 Å². The molecule has 4 nitrogen and oxygen atoms in total. The maximum atomic E-state index is 12.5. The van der Waals surface area contributed by atoms with E-state index in [0.717, 1.165) is 16.9 Å². The third-order valence-corrected chi connectivity index (χ3v) is 5.82. The molecule has 3 N–H and O–H groups in total. The Morgan fingerprint density at radius 2 is 1.96 bits per heavy atom. The number of nitrogens with two attached hydrogens (primary N) is 1. The first-order valence-electron chi connectivity index (χ1n) is 9.54. The number of rotatable bonds is 4. The van der Waals surface area contributed by atoms with Crippen LogP contribution in [0.25, 0.3) is 0 Å². The Hall–Kier alpha value is -2.33. The number of carbonyl (C=O) groups excluding carboxylic acids is 1. The van der Waals surface area contributed by atoms with Gasteiger partial charge in [0.2, 0.25) is 5.91 Å². The summed E-state index contributed by atoms with van der Waals surface area (Å²) in [6.45, 7) is 4.51. The second kappa shape index (κ2) is 6.76. The topological polar surface area (TPSA) is 58.4 Å². The molecule has 0 radical (unpaired) electrons. The van der Waals surface area contributed by atoms with Crippen LogP contribution >= 0.6 is 0 Å². The number of hydrogen-bond donors (Lipinski definition) is 2. The van der Waals surface area contributed by atoms with Crippen LogP contribution < -0.4 is 16.0 Å². The Balaban J connectivity index is 1.75. The second-order valence-electron chi connectivity index (χ2n) is 7.66. The van der Waals surface area contributed by atoms with Gasteiger partial charge < -0.3 is 16.0 Å². The zero-order valence-electron chi connectivity index (χ0n) is 15.5. The van der Waals surface area contributed by atoms with Gasteiger partial charge in [-0.3, -0.25) is 4.79 Å². The van der Waals surface area contributed by atoms with E-state index in [1.165, 1.54) is 18.4 Å². The summed E-state index contributed by atoms with van der Waals surface area (Å²) in [6.07, 6.45) is 2.44. The number of nitrogens with zero attached hydrogens (tertiary/aromatic N) is 1. The summed E-state index contributed by atoms with van der Waals surface area (Å²) in [5.41, 5.74) is 10.3. The molecule has 3 atom stereocenters. The van der Waals surface area contributed by atoms with Crippen LogP contribution in [0.5, 0.6) is 0 Å². The van der Waals surface area contributed by atoms with Gasteiger partial charge in [0.15, 0.2) is 0 Å².